The van der Waals surface area contributed by atoms with Crippen molar-refractivity contribution < 1.29 is 4.43 Å². The summed E-state index contributed by atoms with van der Waals surface area (Å²) in [7, 11) is -1.61. The molecule has 1 nitrogen and oxygen atoms in total. The highest BCUT2D eigenvalue weighted by molar-refractivity contribution is 6.73. The van der Waals surface area contributed by atoms with Crippen molar-refractivity contribution in [2.45, 2.75) is 45.8 Å². The van der Waals surface area contributed by atoms with Crippen LogP contribution in [0.5, 0.6) is 0 Å². The van der Waals surface area contributed by atoms with E-state index in [2.05, 4.69) is 64.6 Å². The summed E-state index contributed by atoms with van der Waals surface area (Å²) >= 11 is 0. The highest BCUT2D eigenvalue weighted by Gasteiger charge is 2.30. The third-order valence-corrected chi connectivity index (χ3v) is 8.49. The Kier molecular flexibility index (Phi) is 6.09. The fourth-order valence-electron chi connectivity index (χ4n) is 2.25. The molecule has 0 N–H and O–H groups in total. The van der Waals surface area contributed by atoms with Gasteiger partial charge in [0.1, 0.15) is 5.76 Å². The maximum absolute atomic E-state index is 6.38. The van der Waals surface area contributed by atoms with Crippen LogP contribution >= 0.6 is 0 Å². The van der Waals surface area contributed by atoms with E-state index in [-0.39, 0.29) is 0 Å². The highest BCUT2D eigenvalue weighted by Crippen LogP contribution is 2.26. The zero-order chi connectivity index (χ0) is 14.3. The molecule has 0 heterocycles. The smallest absolute Gasteiger partial charge is 0.250 e. The van der Waals surface area contributed by atoms with Gasteiger partial charge in [-0.05, 0) is 48.3 Å². The predicted octanol–water partition coefficient (Wildman–Crippen LogP) is 5.54. The van der Waals surface area contributed by atoms with Crippen molar-refractivity contribution in [3.05, 3.63) is 53.8 Å². The number of benzene rings is 1. The molecule has 0 aliphatic heterocycles. The van der Waals surface area contributed by atoms with Crippen LogP contribution in [0.25, 0.3) is 6.08 Å². The number of aryl methyl sites for hydroxylation is 1. The second-order valence-electron chi connectivity index (χ2n) is 4.95. The molecule has 0 aliphatic rings. The van der Waals surface area contributed by atoms with E-state index >= 15 is 0 Å². The van der Waals surface area contributed by atoms with Gasteiger partial charge < -0.3 is 4.43 Å². The topological polar surface area (TPSA) is 9.23 Å². The van der Waals surface area contributed by atoms with E-state index in [1.54, 1.807) is 0 Å². The first-order chi connectivity index (χ1) is 9.10. The van der Waals surface area contributed by atoms with Crippen LogP contribution in [0.15, 0.2) is 42.7 Å². The minimum absolute atomic E-state index is 0.923. The van der Waals surface area contributed by atoms with Gasteiger partial charge in [0.2, 0.25) is 8.32 Å². The fraction of sp³-hybridized carbons (Fsp3) is 0.412. The van der Waals surface area contributed by atoms with E-state index in [1.807, 2.05) is 6.08 Å². The highest BCUT2D eigenvalue weighted by atomic mass is 28.4. The van der Waals surface area contributed by atoms with Crippen LogP contribution in [0, 0.1) is 6.92 Å². The number of hydrogen-bond acceptors (Lipinski definition) is 1. The van der Waals surface area contributed by atoms with Crippen molar-refractivity contribution in [1.29, 1.82) is 0 Å². The molecule has 0 fully saturated rings. The average molecular weight is 274 g/mol. The molecule has 0 saturated heterocycles. The Labute approximate surface area is 119 Å². The lowest BCUT2D eigenvalue weighted by Crippen LogP contribution is -2.35. The molecule has 19 heavy (non-hydrogen) atoms. The molecule has 0 unspecified atom stereocenters. The van der Waals surface area contributed by atoms with Crippen molar-refractivity contribution in [3.63, 3.8) is 0 Å². The summed E-state index contributed by atoms with van der Waals surface area (Å²) in [6.07, 6.45) is 3.96. The molecule has 0 spiro atoms. The molecular formula is C17H26OSi. The first-order valence-corrected chi connectivity index (χ1v) is 9.72. The zero-order valence-electron chi connectivity index (χ0n) is 12.7. The quantitative estimate of drug-likeness (QED) is 0.360. The van der Waals surface area contributed by atoms with Gasteiger partial charge >= 0.3 is 0 Å². The molecule has 0 amide bonds. The van der Waals surface area contributed by atoms with Gasteiger partial charge in [-0.1, -0.05) is 51.6 Å². The van der Waals surface area contributed by atoms with E-state index in [4.69, 9.17) is 4.43 Å². The van der Waals surface area contributed by atoms with Gasteiger partial charge in [0.05, 0.1) is 0 Å². The number of rotatable bonds is 7. The maximum atomic E-state index is 6.38. The minimum Gasteiger partial charge on any atom is -0.544 e. The largest absolute Gasteiger partial charge is 0.544 e. The summed E-state index contributed by atoms with van der Waals surface area (Å²) in [4.78, 5) is 0. The van der Waals surface area contributed by atoms with Crippen LogP contribution in [0.1, 0.15) is 31.9 Å². The van der Waals surface area contributed by atoms with Crippen molar-refractivity contribution >= 4 is 14.4 Å². The predicted molar refractivity (Wildman–Crippen MR) is 87.6 cm³/mol. The molecule has 0 atom stereocenters. The first-order valence-electron chi connectivity index (χ1n) is 7.19. The van der Waals surface area contributed by atoms with Gasteiger partial charge in [-0.3, -0.25) is 0 Å². The lowest BCUT2D eigenvalue weighted by Gasteiger charge is -2.29. The maximum Gasteiger partial charge on any atom is 0.250 e. The second kappa shape index (κ2) is 7.34. The molecule has 0 saturated carbocycles. The van der Waals surface area contributed by atoms with Gasteiger partial charge in [0.15, 0.2) is 0 Å². The summed E-state index contributed by atoms with van der Waals surface area (Å²) < 4.78 is 6.38. The van der Waals surface area contributed by atoms with Crippen molar-refractivity contribution in [2.24, 2.45) is 0 Å². The van der Waals surface area contributed by atoms with Gasteiger partial charge in [-0.25, -0.2) is 0 Å². The van der Waals surface area contributed by atoms with Crippen molar-refractivity contribution in [3.8, 4) is 0 Å². The Morgan fingerprint density at radius 3 is 2.21 bits per heavy atom. The molecule has 0 aromatic heterocycles. The van der Waals surface area contributed by atoms with Gasteiger partial charge in [0, 0.05) is 0 Å². The molecule has 1 rings (SSSR count). The lowest BCUT2D eigenvalue weighted by atomic mass is 10.1. The number of hydrogen-bond donors (Lipinski definition) is 0. The summed E-state index contributed by atoms with van der Waals surface area (Å²) in [5.41, 5.74) is 2.48. The van der Waals surface area contributed by atoms with Crippen molar-refractivity contribution in [1.82, 2.24) is 0 Å². The van der Waals surface area contributed by atoms with Crippen LogP contribution in [0.2, 0.25) is 18.1 Å². The Morgan fingerprint density at radius 1 is 1.16 bits per heavy atom. The Hall–Kier alpha value is -1.28. The Morgan fingerprint density at radius 2 is 1.74 bits per heavy atom. The Balaban J connectivity index is 3.01. The van der Waals surface area contributed by atoms with Crippen LogP contribution in [-0.2, 0) is 4.43 Å². The molecular weight excluding hydrogens is 248 g/mol. The molecule has 2 heteroatoms. The second-order valence-corrected chi connectivity index (χ2v) is 9.64. The van der Waals surface area contributed by atoms with E-state index < -0.39 is 8.32 Å². The molecule has 104 valence electrons. The minimum atomic E-state index is -1.61. The van der Waals surface area contributed by atoms with E-state index in [0.717, 1.165) is 23.9 Å². The number of allylic oxidation sites excluding steroid dienone is 1. The first kappa shape index (κ1) is 15.8. The third kappa shape index (κ3) is 4.10. The van der Waals surface area contributed by atoms with Crippen LogP contribution in [-0.4, -0.2) is 8.32 Å². The summed E-state index contributed by atoms with van der Waals surface area (Å²) in [6, 6.07) is 11.8. The van der Waals surface area contributed by atoms with Crippen LogP contribution in [0.3, 0.4) is 0 Å². The molecule has 1 aromatic rings. The average Bonchev–Trinajstić information content (AvgIpc) is 2.46. The SMILES string of the molecule is C=C/C(=C/c1ccccc1C)O[Si](CC)(CC)CC. The monoisotopic (exact) mass is 274 g/mol. The lowest BCUT2D eigenvalue weighted by molar-refractivity contribution is 0.427. The van der Waals surface area contributed by atoms with E-state index in [0.29, 0.717) is 0 Å². The van der Waals surface area contributed by atoms with E-state index in [1.165, 1.54) is 11.1 Å². The molecule has 0 radical (unpaired) electrons. The summed E-state index contributed by atoms with van der Waals surface area (Å²) in [6.45, 7) is 12.8. The van der Waals surface area contributed by atoms with Gasteiger partial charge in [0.25, 0.3) is 0 Å². The molecule has 0 aliphatic carbocycles. The van der Waals surface area contributed by atoms with Gasteiger partial charge in [-0.2, -0.15) is 0 Å². The summed E-state index contributed by atoms with van der Waals surface area (Å²) in [5, 5.41) is 0. The van der Waals surface area contributed by atoms with Crippen LogP contribution in [0.4, 0.5) is 0 Å². The standard InChI is InChI=1S/C17H26OSi/c1-6-17(18-19(7-2,8-3)9-4)14-16-13-11-10-12-15(16)5/h6,10-14H,1,7-9H2,2-5H3/b17-14-. The molecule has 1 aromatic carbocycles. The summed E-state index contributed by atoms with van der Waals surface area (Å²) in [5.74, 6) is 0.923. The van der Waals surface area contributed by atoms with E-state index in [9.17, 15) is 0 Å². The normalized spacial score (nSPS) is 12.3. The third-order valence-electron chi connectivity index (χ3n) is 3.95. The van der Waals surface area contributed by atoms with Crippen molar-refractivity contribution in [2.75, 3.05) is 0 Å². The fourth-order valence-corrected chi connectivity index (χ4v) is 4.82. The Bertz CT molecular complexity index is 436. The zero-order valence-corrected chi connectivity index (χ0v) is 13.7. The molecule has 0 bridgehead atoms. The van der Waals surface area contributed by atoms with Gasteiger partial charge in [-0.15, -0.1) is 0 Å². The van der Waals surface area contributed by atoms with Crippen LogP contribution < -0.4 is 0 Å².